The summed E-state index contributed by atoms with van der Waals surface area (Å²) in [5.74, 6) is 2.63. The third-order valence-corrected chi connectivity index (χ3v) is 6.77. The summed E-state index contributed by atoms with van der Waals surface area (Å²) in [6.45, 7) is 11.2. The molecule has 8 nitrogen and oxygen atoms in total. The van der Waals surface area contributed by atoms with Gasteiger partial charge in [-0.3, -0.25) is 10.3 Å². The largest absolute Gasteiger partial charge is 0.493 e. The quantitative estimate of drug-likeness (QED) is 0.262. The van der Waals surface area contributed by atoms with Crippen molar-refractivity contribution in [2.45, 2.75) is 26.7 Å². The Bertz CT molecular complexity index is 1220. The third kappa shape index (κ3) is 5.60. The molecule has 0 aliphatic carbocycles. The summed E-state index contributed by atoms with van der Waals surface area (Å²) in [7, 11) is 3.80. The fraction of sp³-hybridized carbons (Fsp3) is 0.393. The number of para-hydroxylation sites is 1. The first kappa shape index (κ1) is 25.4. The Morgan fingerprint density at radius 3 is 2.58 bits per heavy atom. The summed E-state index contributed by atoms with van der Waals surface area (Å²) in [5, 5.41) is 12.9. The Hall–Kier alpha value is -3.65. The summed E-state index contributed by atoms with van der Waals surface area (Å²) in [4.78, 5) is 13.2. The molecular weight excluding hydrogens is 452 g/mol. The molecule has 2 heterocycles. The number of hydrogen-bond donors (Lipinski definition) is 2. The number of fused-ring (bicyclic) bond motifs is 1. The number of likely N-dealkylation sites (tertiary alicyclic amines) is 1. The van der Waals surface area contributed by atoms with Crippen LogP contribution >= 0.6 is 0 Å². The zero-order valence-corrected chi connectivity index (χ0v) is 21.7. The van der Waals surface area contributed by atoms with Crippen LogP contribution in [0.25, 0.3) is 10.9 Å². The maximum Gasteiger partial charge on any atom is 0.201 e. The molecule has 4 rings (SSSR count). The van der Waals surface area contributed by atoms with E-state index in [2.05, 4.69) is 33.8 Å². The SMILES string of the molecule is C=CCN(C(=N)Nc1c(C)cccc1C)c1ncnc2cc(OCC3CCN(C)CC3)c(OC)cc12. The van der Waals surface area contributed by atoms with E-state index in [4.69, 9.17) is 14.9 Å². The van der Waals surface area contributed by atoms with E-state index in [0.717, 1.165) is 53.6 Å². The number of benzene rings is 2. The summed E-state index contributed by atoms with van der Waals surface area (Å²) < 4.78 is 11.9. The molecule has 1 fully saturated rings. The molecule has 0 bridgehead atoms. The molecular formula is C28H36N6O2. The number of nitrogens with zero attached hydrogens (tertiary/aromatic N) is 4. The van der Waals surface area contributed by atoms with E-state index in [-0.39, 0.29) is 5.96 Å². The van der Waals surface area contributed by atoms with Crippen LogP contribution in [0.5, 0.6) is 11.5 Å². The van der Waals surface area contributed by atoms with E-state index in [9.17, 15) is 0 Å². The number of guanidine groups is 1. The first-order valence-electron chi connectivity index (χ1n) is 12.4. The van der Waals surface area contributed by atoms with Gasteiger partial charge in [0.15, 0.2) is 11.5 Å². The third-order valence-electron chi connectivity index (χ3n) is 6.77. The van der Waals surface area contributed by atoms with Gasteiger partial charge in [-0.05, 0) is 69.9 Å². The second-order valence-electron chi connectivity index (χ2n) is 9.41. The van der Waals surface area contributed by atoms with Crippen LogP contribution in [0.2, 0.25) is 0 Å². The number of piperidine rings is 1. The fourth-order valence-electron chi connectivity index (χ4n) is 4.58. The fourth-order valence-corrected chi connectivity index (χ4v) is 4.58. The summed E-state index contributed by atoms with van der Waals surface area (Å²) in [6, 6.07) is 9.87. The van der Waals surface area contributed by atoms with Crippen molar-refractivity contribution in [3.63, 3.8) is 0 Å². The van der Waals surface area contributed by atoms with Crippen molar-refractivity contribution in [1.82, 2.24) is 14.9 Å². The lowest BCUT2D eigenvalue weighted by Crippen LogP contribution is -2.37. The molecule has 1 aromatic heterocycles. The van der Waals surface area contributed by atoms with Crippen LogP contribution in [-0.4, -0.2) is 61.2 Å². The molecule has 0 unspecified atom stereocenters. The van der Waals surface area contributed by atoms with Gasteiger partial charge in [0.05, 0.1) is 19.2 Å². The topological polar surface area (TPSA) is 86.6 Å². The minimum Gasteiger partial charge on any atom is -0.493 e. The maximum atomic E-state index is 8.87. The summed E-state index contributed by atoms with van der Waals surface area (Å²) in [6.07, 6.45) is 5.54. The van der Waals surface area contributed by atoms with Crippen LogP contribution in [0.1, 0.15) is 24.0 Å². The molecule has 2 aromatic carbocycles. The standard InChI is InChI=1S/C28H36N6O2/c1-6-12-34(28(29)32-26-19(2)8-7-9-20(26)3)27-22-15-24(35-5)25(16-23(22)30-18-31-27)36-17-21-10-13-33(4)14-11-21/h6-9,15-16,18,21H,1,10-14,17H2,2-5H3,(H2,29,32). The second-order valence-corrected chi connectivity index (χ2v) is 9.41. The molecule has 8 heteroatoms. The number of methoxy groups -OCH3 is 1. The zero-order chi connectivity index (χ0) is 25.7. The molecule has 1 aliphatic rings. The van der Waals surface area contributed by atoms with Gasteiger partial charge in [0.1, 0.15) is 12.1 Å². The molecule has 3 aromatic rings. The van der Waals surface area contributed by atoms with Gasteiger partial charge >= 0.3 is 0 Å². The number of ether oxygens (including phenoxy) is 2. The Balaban J connectivity index is 1.63. The molecule has 0 spiro atoms. The molecule has 1 saturated heterocycles. The highest BCUT2D eigenvalue weighted by molar-refractivity contribution is 6.08. The van der Waals surface area contributed by atoms with Crippen molar-refractivity contribution in [1.29, 1.82) is 5.41 Å². The zero-order valence-electron chi connectivity index (χ0n) is 21.7. The van der Waals surface area contributed by atoms with Gasteiger partial charge in [-0.15, -0.1) is 6.58 Å². The van der Waals surface area contributed by atoms with Gasteiger partial charge < -0.3 is 19.7 Å². The molecule has 1 aliphatic heterocycles. The molecule has 0 amide bonds. The van der Waals surface area contributed by atoms with Gasteiger partial charge in [-0.2, -0.15) is 0 Å². The minimum atomic E-state index is 0.203. The molecule has 2 N–H and O–H groups in total. The Kier molecular flexibility index (Phi) is 8.05. The van der Waals surface area contributed by atoms with Crippen molar-refractivity contribution in [3.05, 3.63) is 60.4 Å². The lowest BCUT2D eigenvalue weighted by atomic mass is 9.98. The van der Waals surface area contributed by atoms with Crippen LogP contribution in [0.15, 0.2) is 49.3 Å². The van der Waals surface area contributed by atoms with Gasteiger partial charge in [0.25, 0.3) is 0 Å². The predicted molar refractivity (Wildman–Crippen MR) is 147 cm³/mol. The van der Waals surface area contributed by atoms with Crippen molar-refractivity contribution >= 4 is 28.4 Å². The summed E-state index contributed by atoms with van der Waals surface area (Å²) in [5.41, 5.74) is 3.78. The first-order chi connectivity index (χ1) is 17.4. The van der Waals surface area contributed by atoms with Crippen LogP contribution in [0.4, 0.5) is 11.5 Å². The highest BCUT2D eigenvalue weighted by atomic mass is 16.5. The van der Waals surface area contributed by atoms with E-state index in [1.165, 1.54) is 6.33 Å². The summed E-state index contributed by atoms with van der Waals surface area (Å²) >= 11 is 0. The number of rotatable bonds is 8. The molecule has 190 valence electrons. The highest BCUT2D eigenvalue weighted by Gasteiger charge is 2.21. The van der Waals surface area contributed by atoms with E-state index < -0.39 is 0 Å². The van der Waals surface area contributed by atoms with Gasteiger partial charge in [0, 0.05) is 23.7 Å². The van der Waals surface area contributed by atoms with Crippen molar-refractivity contribution in [3.8, 4) is 11.5 Å². The van der Waals surface area contributed by atoms with Crippen LogP contribution in [0.3, 0.4) is 0 Å². The number of aryl methyl sites for hydroxylation is 2. The molecule has 0 saturated carbocycles. The number of anilines is 2. The van der Waals surface area contributed by atoms with Crippen molar-refractivity contribution in [2.75, 3.05) is 50.6 Å². The monoisotopic (exact) mass is 488 g/mol. The van der Waals surface area contributed by atoms with Crippen LogP contribution in [0, 0.1) is 25.2 Å². The van der Waals surface area contributed by atoms with E-state index in [0.29, 0.717) is 36.4 Å². The van der Waals surface area contributed by atoms with E-state index in [1.54, 1.807) is 18.1 Å². The van der Waals surface area contributed by atoms with Gasteiger partial charge in [0.2, 0.25) is 5.96 Å². The number of hydrogen-bond acceptors (Lipinski definition) is 6. The lowest BCUT2D eigenvalue weighted by molar-refractivity contribution is 0.157. The second kappa shape index (κ2) is 11.4. The average molecular weight is 489 g/mol. The average Bonchev–Trinajstić information content (AvgIpc) is 2.88. The number of aromatic nitrogens is 2. The maximum absolute atomic E-state index is 8.87. The van der Waals surface area contributed by atoms with Crippen LogP contribution in [-0.2, 0) is 0 Å². The van der Waals surface area contributed by atoms with Gasteiger partial charge in [-0.25, -0.2) is 9.97 Å². The lowest BCUT2D eigenvalue weighted by Gasteiger charge is -2.29. The highest BCUT2D eigenvalue weighted by Crippen LogP contribution is 2.36. The van der Waals surface area contributed by atoms with Crippen molar-refractivity contribution in [2.24, 2.45) is 5.92 Å². The van der Waals surface area contributed by atoms with Crippen molar-refractivity contribution < 1.29 is 9.47 Å². The molecule has 0 radical (unpaired) electrons. The molecule has 36 heavy (non-hydrogen) atoms. The van der Waals surface area contributed by atoms with E-state index in [1.807, 2.05) is 44.2 Å². The first-order valence-corrected chi connectivity index (χ1v) is 12.4. The number of nitrogens with one attached hydrogen (secondary N) is 2. The molecule has 0 atom stereocenters. The Labute approximate surface area is 213 Å². The Morgan fingerprint density at radius 2 is 1.92 bits per heavy atom. The minimum absolute atomic E-state index is 0.203. The predicted octanol–water partition coefficient (Wildman–Crippen LogP) is 5.02. The van der Waals surface area contributed by atoms with E-state index >= 15 is 0 Å². The van der Waals surface area contributed by atoms with Gasteiger partial charge in [-0.1, -0.05) is 24.3 Å². The Morgan fingerprint density at radius 1 is 1.19 bits per heavy atom. The smallest absolute Gasteiger partial charge is 0.201 e. The normalized spacial score (nSPS) is 14.4. The van der Waals surface area contributed by atoms with Crippen LogP contribution < -0.4 is 19.7 Å².